The largest absolute Gasteiger partial charge is 0.494 e. The van der Waals surface area contributed by atoms with Crippen LogP contribution in [0.15, 0.2) is 76.5 Å². The van der Waals surface area contributed by atoms with Crippen molar-refractivity contribution in [2.45, 2.75) is 9.79 Å². The molecule has 11 heteroatoms. The lowest BCUT2D eigenvalue weighted by Gasteiger charge is -2.11. The highest BCUT2D eigenvalue weighted by atomic mass is 32.2. The zero-order chi connectivity index (χ0) is 21.9. The van der Waals surface area contributed by atoms with Crippen molar-refractivity contribution >= 4 is 31.4 Å². The molecule has 3 aromatic carbocycles. The summed E-state index contributed by atoms with van der Waals surface area (Å²) < 4.78 is 85.7. The fraction of sp³-hybridized carbons (Fsp3) is 0.0526. The SMILES string of the molecule is COc1ccc(S(=O)(=O)Nc2ccc(S(=O)(=O)Nc3ccc(F)cc3)cc2)cc1F. The van der Waals surface area contributed by atoms with Gasteiger partial charge in [0.2, 0.25) is 0 Å². The van der Waals surface area contributed by atoms with E-state index in [-0.39, 0.29) is 26.9 Å². The monoisotopic (exact) mass is 454 g/mol. The summed E-state index contributed by atoms with van der Waals surface area (Å²) >= 11 is 0. The van der Waals surface area contributed by atoms with Crippen LogP contribution in [-0.2, 0) is 20.0 Å². The van der Waals surface area contributed by atoms with Gasteiger partial charge in [-0.05, 0) is 66.7 Å². The molecule has 0 radical (unpaired) electrons. The number of hydrogen-bond donors (Lipinski definition) is 2. The second kappa shape index (κ2) is 8.28. The molecule has 0 bridgehead atoms. The maximum absolute atomic E-state index is 13.8. The third kappa shape index (κ3) is 4.86. The van der Waals surface area contributed by atoms with E-state index in [0.29, 0.717) is 0 Å². The van der Waals surface area contributed by atoms with Gasteiger partial charge in [0.25, 0.3) is 20.0 Å². The van der Waals surface area contributed by atoms with E-state index in [9.17, 15) is 25.6 Å². The Morgan fingerprint density at radius 1 is 0.700 bits per heavy atom. The number of anilines is 2. The number of halogens is 2. The molecular weight excluding hydrogens is 438 g/mol. The lowest BCUT2D eigenvalue weighted by Crippen LogP contribution is -2.15. The van der Waals surface area contributed by atoms with Crippen LogP contribution >= 0.6 is 0 Å². The number of ether oxygens (including phenoxy) is 1. The zero-order valence-corrected chi connectivity index (χ0v) is 17.1. The van der Waals surface area contributed by atoms with Gasteiger partial charge in [0.05, 0.1) is 16.9 Å². The molecule has 0 spiro atoms. The van der Waals surface area contributed by atoms with Gasteiger partial charge in [-0.25, -0.2) is 25.6 Å². The molecule has 0 saturated heterocycles. The van der Waals surface area contributed by atoms with Crippen molar-refractivity contribution < 1.29 is 30.4 Å². The van der Waals surface area contributed by atoms with Gasteiger partial charge >= 0.3 is 0 Å². The van der Waals surface area contributed by atoms with E-state index in [1.165, 1.54) is 55.6 Å². The highest BCUT2D eigenvalue weighted by Crippen LogP contribution is 2.24. The van der Waals surface area contributed by atoms with E-state index in [0.717, 1.165) is 18.2 Å². The average Bonchev–Trinajstić information content (AvgIpc) is 2.69. The number of hydrogen-bond acceptors (Lipinski definition) is 5. The van der Waals surface area contributed by atoms with E-state index in [1.807, 2.05) is 0 Å². The van der Waals surface area contributed by atoms with Crippen molar-refractivity contribution in [2.24, 2.45) is 0 Å². The maximum Gasteiger partial charge on any atom is 0.262 e. The molecule has 0 aliphatic rings. The van der Waals surface area contributed by atoms with E-state index >= 15 is 0 Å². The van der Waals surface area contributed by atoms with Gasteiger partial charge in [0.1, 0.15) is 5.82 Å². The molecule has 0 amide bonds. The first kappa shape index (κ1) is 21.5. The minimum Gasteiger partial charge on any atom is -0.494 e. The number of benzene rings is 3. The molecule has 3 rings (SSSR count). The van der Waals surface area contributed by atoms with Gasteiger partial charge in [-0.15, -0.1) is 0 Å². The molecule has 0 atom stereocenters. The third-order valence-corrected chi connectivity index (χ3v) is 6.72. The van der Waals surface area contributed by atoms with Crippen molar-refractivity contribution in [3.63, 3.8) is 0 Å². The van der Waals surface area contributed by atoms with Gasteiger partial charge in [-0.2, -0.15) is 0 Å². The molecule has 0 aromatic heterocycles. The molecule has 0 fully saturated rings. The second-order valence-electron chi connectivity index (χ2n) is 6.04. The van der Waals surface area contributed by atoms with E-state index in [1.54, 1.807) is 0 Å². The number of methoxy groups -OCH3 is 1. The molecule has 0 unspecified atom stereocenters. The topological polar surface area (TPSA) is 102 Å². The first-order valence-electron chi connectivity index (χ1n) is 8.35. The molecule has 0 aliphatic heterocycles. The Morgan fingerprint density at radius 3 is 1.67 bits per heavy atom. The van der Waals surface area contributed by atoms with Crippen molar-refractivity contribution in [2.75, 3.05) is 16.6 Å². The first-order chi connectivity index (χ1) is 14.1. The van der Waals surface area contributed by atoms with Crippen LogP contribution in [0.1, 0.15) is 0 Å². The van der Waals surface area contributed by atoms with Gasteiger partial charge < -0.3 is 4.74 Å². The molecule has 158 valence electrons. The molecule has 0 aliphatic carbocycles. The Balaban J connectivity index is 1.78. The zero-order valence-electron chi connectivity index (χ0n) is 15.5. The molecule has 3 aromatic rings. The van der Waals surface area contributed by atoms with Gasteiger partial charge in [-0.3, -0.25) is 9.44 Å². The fourth-order valence-corrected chi connectivity index (χ4v) is 4.59. The van der Waals surface area contributed by atoms with Gasteiger partial charge in [0, 0.05) is 11.4 Å². The lowest BCUT2D eigenvalue weighted by atomic mass is 10.3. The van der Waals surface area contributed by atoms with Crippen LogP contribution in [0.4, 0.5) is 20.2 Å². The summed E-state index contributed by atoms with van der Waals surface area (Å²) in [4.78, 5) is -0.458. The van der Waals surface area contributed by atoms with Gasteiger partial charge in [0.15, 0.2) is 11.6 Å². The van der Waals surface area contributed by atoms with E-state index in [2.05, 4.69) is 9.44 Å². The minimum absolute atomic E-state index is 0.0759. The average molecular weight is 454 g/mol. The van der Waals surface area contributed by atoms with Crippen LogP contribution in [0.25, 0.3) is 0 Å². The third-order valence-electron chi connectivity index (χ3n) is 3.95. The highest BCUT2D eigenvalue weighted by Gasteiger charge is 2.18. The van der Waals surface area contributed by atoms with Crippen LogP contribution in [0.3, 0.4) is 0 Å². The summed E-state index contributed by atoms with van der Waals surface area (Å²) in [6, 6.07) is 12.8. The smallest absolute Gasteiger partial charge is 0.262 e. The van der Waals surface area contributed by atoms with Crippen LogP contribution in [0, 0.1) is 11.6 Å². The van der Waals surface area contributed by atoms with Crippen molar-refractivity contribution in [3.05, 3.63) is 78.4 Å². The predicted molar refractivity (Wildman–Crippen MR) is 107 cm³/mol. The summed E-state index contributed by atoms with van der Waals surface area (Å²) in [5.41, 5.74) is 0.245. The summed E-state index contributed by atoms with van der Waals surface area (Å²) in [5.74, 6) is -1.45. The van der Waals surface area contributed by atoms with Crippen molar-refractivity contribution in [1.29, 1.82) is 0 Å². The summed E-state index contributed by atoms with van der Waals surface area (Å²) in [6.07, 6.45) is 0. The maximum atomic E-state index is 13.8. The van der Waals surface area contributed by atoms with E-state index < -0.39 is 31.7 Å². The number of nitrogens with one attached hydrogen (secondary N) is 2. The second-order valence-corrected chi connectivity index (χ2v) is 9.40. The number of rotatable bonds is 7. The van der Waals surface area contributed by atoms with Gasteiger partial charge in [-0.1, -0.05) is 0 Å². The fourth-order valence-electron chi connectivity index (χ4n) is 2.46. The van der Waals surface area contributed by atoms with Crippen molar-refractivity contribution in [3.8, 4) is 5.75 Å². The lowest BCUT2D eigenvalue weighted by molar-refractivity contribution is 0.385. The molecule has 30 heavy (non-hydrogen) atoms. The predicted octanol–water partition coefficient (Wildman–Crippen LogP) is 3.58. The van der Waals surface area contributed by atoms with Crippen LogP contribution < -0.4 is 14.2 Å². The molecule has 2 N–H and O–H groups in total. The van der Waals surface area contributed by atoms with Crippen LogP contribution in [0.2, 0.25) is 0 Å². The Labute approximate surface area is 172 Å². The molecular formula is C19H16F2N2O5S2. The Morgan fingerprint density at radius 2 is 1.17 bits per heavy atom. The van der Waals surface area contributed by atoms with Crippen LogP contribution in [0.5, 0.6) is 5.75 Å². The molecule has 7 nitrogen and oxygen atoms in total. The number of sulfonamides is 2. The molecule has 0 saturated carbocycles. The van der Waals surface area contributed by atoms with Crippen molar-refractivity contribution in [1.82, 2.24) is 0 Å². The Kier molecular flexibility index (Phi) is 5.94. The highest BCUT2D eigenvalue weighted by molar-refractivity contribution is 7.93. The quantitative estimate of drug-likeness (QED) is 0.568. The first-order valence-corrected chi connectivity index (χ1v) is 11.3. The summed E-state index contributed by atoms with van der Waals surface area (Å²) in [7, 11) is -6.82. The summed E-state index contributed by atoms with van der Waals surface area (Å²) in [5, 5.41) is 0. The molecule has 0 heterocycles. The summed E-state index contributed by atoms with van der Waals surface area (Å²) in [6.45, 7) is 0. The Hall–Kier alpha value is -3.18. The Bertz CT molecular complexity index is 1260. The van der Waals surface area contributed by atoms with Crippen LogP contribution in [-0.4, -0.2) is 23.9 Å². The van der Waals surface area contributed by atoms with E-state index in [4.69, 9.17) is 4.74 Å². The minimum atomic E-state index is -4.11. The standard InChI is InChI=1S/C19H16F2N2O5S2/c1-28-19-11-10-17(12-18(19)21)30(26,27)23-15-6-8-16(9-7-15)29(24,25)22-14-4-2-13(20)3-5-14/h2-12,22-23H,1H3. The normalized spacial score (nSPS) is 11.7.